The maximum Gasteiger partial charge on any atom is 0.161 e. The normalized spacial score (nSPS) is 13.2. The zero-order chi connectivity index (χ0) is 10.1. The number of nitrogens with zero attached hydrogens (tertiary/aromatic N) is 1. The first-order valence-corrected chi connectivity index (χ1v) is 6.39. The van der Waals surface area contributed by atoms with E-state index in [1.165, 1.54) is 11.3 Å². The van der Waals surface area contributed by atoms with Crippen molar-refractivity contribution in [2.24, 2.45) is 0 Å². The molecule has 1 radical (unpaired) electrons. The van der Waals surface area contributed by atoms with Crippen LogP contribution in [0.25, 0.3) is 0 Å². The van der Waals surface area contributed by atoms with Crippen LogP contribution in [0.3, 0.4) is 0 Å². The van der Waals surface area contributed by atoms with Gasteiger partial charge in [0.05, 0.1) is 4.75 Å². The van der Waals surface area contributed by atoms with Gasteiger partial charge >= 0.3 is 0 Å². The lowest BCUT2D eigenvalue weighted by Gasteiger charge is -2.17. The predicted molar refractivity (Wildman–Crippen MR) is 53.3 cm³/mol. The molecule has 1 aromatic heterocycles. The van der Waals surface area contributed by atoms with E-state index in [2.05, 4.69) is 11.2 Å². The van der Waals surface area contributed by atoms with Gasteiger partial charge in [0.2, 0.25) is 0 Å². The van der Waals surface area contributed by atoms with Gasteiger partial charge in [0.15, 0.2) is 9.84 Å². The Morgan fingerprint density at radius 1 is 1.54 bits per heavy atom. The largest absolute Gasteiger partial charge is 0.238 e. The molecule has 5 heteroatoms. The van der Waals surface area contributed by atoms with E-state index in [0.29, 0.717) is 5.01 Å². The Kier molecular flexibility index (Phi) is 2.77. The Balaban J connectivity index is 2.87. The van der Waals surface area contributed by atoms with Crippen LogP contribution in [-0.4, -0.2) is 18.1 Å². The van der Waals surface area contributed by atoms with Gasteiger partial charge in [0.25, 0.3) is 0 Å². The van der Waals surface area contributed by atoms with E-state index < -0.39 is 14.6 Å². The number of sulfone groups is 1. The molecule has 0 aliphatic carbocycles. The van der Waals surface area contributed by atoms with Crippen molar-refractivity contribution in [3.63, 3.8) is 0 Å². The van der Waals surface area contributed by atoms with Crippen LogP contribution in [0.15, 0.2) is 5.38 Å². The number of hydrogen-bond acceptors (Lipinski definition) is 4. The zero-order valence-corrected chi connectivity index (χ0v) is 9.50. The number of aromatic nitrogens is 1. The molecule has 73 valence electrons. The molecular weight excluding hydrogens is 206 g/mol. The summed E-state index contributed by atoms with van der Waals surface area (Å²) in [6.45, 7) is 5.08. The van der Waals surface area contributed by atoms with Crippen molar-refractivity contribution >= 4 is 21.2 Å². The molecule has 1 heterocycles. The summed E-state index contributed by atoms with van der Waals surface area (Å²) < 4.78 is 22.6. The molecule has 0 aromatic carbocycles. The Bertz CT molecular complexity index is 359. The molecule has 0 aliphatic heterocycles. The zero-order valence-electron chi connectivity index (χ0n) is 7.86. The molecule has 0 fully saturated rings. The van der Waals surface area contributed by atoms with Crippen molar-refractivity contribution in [2.45, 2.75) is 31.3 Å². The fraction of sp³-hybridized carbons (Fsp3) is 0.625. The summed E-state index contributed by atoms with van der Waals surface area (Å²) in [5.74, 6) is 0.0185. The minimum absolute atomic E-state index is 0.0185. The highest BCUT2D eigenvalue weighted by molar-refractivity contribution is 7.92. The maximum absolute atomic E-state index is 11.7. The van der Waals surface area contributed by atoms with Gasteiger partial charge in [-0.05, 0) is 20.8 Å². The van der Waals surface area contributed by atoms with Crippen LogP contribution in [0.1, 0.15) is 25.8 Å². The van der Waals surface area contributed by atoms with E-state index in [0.717, 1.165) is 0 Å². The molecular formula is C8H12NO2S2. The summed E-state index contributed by atoms with van der Waals surface area (Å²) in [7, 11) is -3.09. The average Bonchev–Trinajstić information content (AvgIpc) is 2.35. The SMILES string of the molecule is CC(C)(C)S(=O)(=O)Cc1n[c]cs1. The van der Waals surface area contributed by atoms with Gasteiger partial charge in [-0.15, -0.1) is 11.3 Å². The van der Waals surface area contributed by atoms with Gasteiger partial charge in [-0.1, -0.05) is 0 Å². The lowest BCUT2D eigenvalue weighted by atomic mass is 10.3. The lowest BCUT2D eigenvalue weighted by molar-refractivity contribution is 0.559. The van der Waals surface area contributed by atoms with Gasteiger partial charge in [-0.2, -0.15) is 0 Å². The molecule has 0 unspecified atom stereocenters. The third-order valence-corrected chi connectivity index (χ3v) is 5.12. The van der Waals surface area contributed by atoms with Crippen LogP contribution in [0.5, 0.6) is 0 Å². The smallest absolute Gasteiger partial charge is 0.161 e. The van der Waals surface area contributed by atoms with Crippen LogP contribution in [0, 0.1) is 6.20 Å². The van der Waals surface area contributed by atoms with Crippen LogP contribution in [0.2, 0.25) is 0 Å². The quantitative estimate of drug-likeness (QED) is 0.758. The van der Waals surface area contributed by atoms with Crippen molar-refractivity contribution < 1.29 is 8.42 Å². The second kappa shape index (κ2) is 3.38. The monoisotopic (exact) mass is 218 g/mol. The Morgan fingerprint density at radius 3 is 2.54 bits per heavy atom. The van der Waals surface area contributed by atoms with E-state index >= 15 is 0 Å². The summed E-state index contributed by atoms with van der Waals surface area (Å²) in [5, 5.41) is 2.27. The number of hydrogen-bond donors (Lipinski definition) is 0. The third-order valence-electron chi connectivity index (χ3n) is 1.68. The second-order valence-corrected chi connectivity index (χ2v) is 7.43. The van der Waals surface area contributed by atoms with E-state index in [9.17, 15) is 8.42 Å². The average molecular weight is 218 g/mol. The van der Waals surface area contributed by atoms with Crippen molar-refractivity contribution in [1.29, 1.82) is 0 Å². The van der Waals surface area contributed by atoms with Crippen LogP contribution in [-0.2, 0) is 15.6 Å². The predicted octanol–water partition coefficient (Wildman–Crippen LogP) is 1.66. The minimum atomic E-state index is -3.09. The molecule has 0 saturated carbocycles. The fourth-order valence-corrected chi connectivity index (χ4v) is 2.57. The molecule has 13 heavy (non-hydrogen) atoms. The Morgan fingerprint density at radius 2 is 2.15 bits per heavy atom. The second-order valence-electron chi connectivity index (χ2n) is 3.74. The molecule has 0 aliphatic rings. The van der Waals surface area contributed by atoms with E-state index in [4.69, 9.17) is 0 Å². The first kappa shape index (κ1) is 10.7. The highest BCUT2D eigenvalue weighted by Crippen LogP contribution is 2.21. The molecule has 0 saturated heterocycles. The topological polar surface area (TPSA) is 47.0 Å². The summed E-state index contributed by atoms with van der Waals surface area (Å²) in [6.07, 6.45) is 2.61. The fourth-order valence-electron chi connectivity index (χ4n) is 0.664. The first-order chi connectivity index (χ1) is 5.83. The van der Waals surface area contributed by atoms with Crippen molar-refractivity contribution in [2.75, 3.05) is 0 Å². The highest BCUT2D eigenvalue weighted by Gasteiger charge is 2.29. The maximum atomic E-state index is 11.7. The van der Waals surface area contributed by atoms with Gasteiger partial charge in [-0.3, -0.25) is 0 Å². The van der Waals surface area contributed by atoms with Gasteiger partial charge < -0.3 is 0 Å². The molecule has 0 amide bonds. The number of rotatable bonds is 2. The van der Waals surface area contributed by atoms with Crippen LogP contribution in [0.4, 0.5) is 0 Å². The molecule has 0 atom stereocenters. The van der Waals surface area contributed by atoms with E-state index in [1.807, 2.05) is 0 Å². The van der Waals surface area contributed by atoms with Crippen molar-refractivity contribution in [3.05, 3.63) is 16.6 Å². The summed E-state index contributed by atoms with van der Waals surface area (Å²) in [4.78, 5) is 3.83. The van der Waals surface area contributed by atoms with E-state index in [-0.39, 0.29) is 5.75 Å². The van der Waals surface area contributed by atoms with Crippen molar-refractivity contribution in [3.8, 4) is 0 Å². The summed E-state index contributed by atoms with van der Waals surface area (Å²) in [5.41, 5.74) is 0. The van der Waals surface area contributed by atoms with Crippen LogP contribution < -0.4 is 0 Å². The molecule has 0 bridgehead atoms. The highest BCUT2D eigenvalue weighted by atomic mass is 32.2. The third kappa shape index (κ3) is 2.51. The minimum Gasteiger partial charge on any atom is -0.238 e. The van der Waals surface area contributed by atoms with E-state index in [1.54, 1.807) is 26.2 Å². The number of thiazole rings is 1. The Hall–Kier alpha value is -0.420. The van der Waals surface area contributed by atoms with Crippen molar-refractivity contribution in [1.82, 2.24) is 4.98 Å². The van der Waals surface area contributed by atoms with Gasteiger partial charge in [0.1, 0.15) is 17.0 Å². The molecule has 3 nitrogen and oxygen atoms in total. The molecule has 0 N–H and O–H groups in total. The van der Waals surface area contributed by atoms with Gasteiger partial charge in [0, 0.05) is 5.38 Å². The van der Waals surface area contributed by atoms with Crippen LogP contribution >= 0.6 is 11.3 Å². The molecule has 1 rings (SSSR count). The Labute approximate surface area is 82.7 Å². The standard InChI is InChI=1S/C8H12NO2S2/c1-8(2,3)13(10,11)6-7-9-4-5-12-7/h5H,6H2,1-3H3. The molecule has 0 spiro atoms. The van der Waals surface area contributed by atoms with Gasteiger partial charge in [-0.25, -0.2) is 13.4 Å². The summed E-state index contributed by atoms with van der Waals surface area (Å²) >= 11 is 1.32. The lowest BCUT2D eigenvalue weighted by Crippen LogP contribution is -2.29. The first-order valence-electron chi connectivity index (χ1n) is 3.86. The summed E-state index contributed by atoms with van der Waals surface area (Å²) in [6, 6.07) is 0. The molecule has 1 aromatic rings.